The Morgan fingerprint density at radius 1 is 1.02 bits per heavy atom. The van der Waals surface area contributed by atoms with Crippen LogP contribution in [0.2, 0.25) is 0 Å². The molecule has 2 heterocycles. The van der Waals surface area contributed by atoms with Crippen LogP contribution in [-0.2, 0) is 43.2 Å². The Morgan fingerprint density at radius 3 is 2.36 bits per heavy atom. The van der Waals surface area contributed by atoms with Gasteiger partial charge in [0.1, 0.15) is 6.04 Å². The second kappa shape index (κ2) is 18.8. The number of fused-ring (bicyclic) bond motifs is 1. The van der Waals surface area contributed by atoms with Crippen molar-refractivity contribution >= 4 is 29.2 Å². The minimum atomic E-state index is -0.776. The van der Waals surface area contributed by atoms with E-state index in [4.69, 9.17) is 14.5 Å². The Bertz CT molecular complexity index is 1940. The maximum absolute atomic E-state index is 13.8. The number of methoxy groups -OCH3 is 1. The zero-order chi connectivity index (χ0) is 40.6. The average molecular weight is 755 g/mol. The van der Waals surface area contributed by atoms with Gasteiger partial charge in [-0.25, -0.2) is 5.43 Å². The molecule has 11 heteroatoms. The van der Waals surface area contributed by atoms with Crippen LogP contribution in [0.3, 0.4) is 0 Å². The SMILES string of the molecule is CCNN(C)C(=O)C(Cc1cc(C)cc(-c2ccc3c(c2)c(CC(C)(C)COC=O)c(-c2cccnc2C(C)OC)n3CC)c1)NC(=O)C(C(C)C)N(C)C. The van der Waals surface area contributed by atoms with Crippen LogP contribution in [0.4, 0.5) is 0 Å². The van der Waals surface area contributed by atoms with Gasteiger partial charge in [0.25, 0.3) is 12.4 Å². The van der Waals surface area contributed by atoms with Gasteiger partial charge in [-0.1, -0.05) is 64.4 Å². The minimum Gasteiger partial charge on any atom is -0.467 e. The van der Waals surface area contributed by atoms with E-state index in [2.05, 4.69) is 85.5 Å². The predicted molar refractivity (Wildman–Crippen MR) is 220 cm³/mol. The predicted octanol–water partition coefficient (Wildman–Crippen LogP) is 6.74. The molecule has 0 aliphatic rings. The molecule has 0 aliphatic carbocycles. The molecule has 4 aromatic rings. The Balaban J connectivity index is 1.88. The quantitative estimate of drug-likeness (QED) is 0.0799. The van der Waals surface area contributed by atoms with E-state index in [-0.39, 0.29) is 41.9 Å². The number of nitrogens with one attached hydrogen (secondary N) is 2. The van der Waals surface area contributed by atoms with Gasteiger partial charge in [0.15, 0.2) is 0 Å². The first-order chi connectivity index (χ1) is 26.1. The lowest BCUT2D eigenvalue weighted by Gasteiger charge is -2.30. The lowest BCUT2D eigenvalue weighted by Crippen LogP contribution is -2.56. The van der Waals surface area contributed by atoms with Crippen molar-refractivity contribution in [3.05, 3.63) is 77.1 Å². The number of likely N-dealkylation sites (N-methyl/N-ethyl adjacent to an activating group) is 2. The lowest BCUT2D eigenvalue weighted by atomic mass is 9.84. The summed E-state index contributed by atoms with van der Waals surface area (Å²) in [7, 11) is 7.15. The van der Waals surface area contributed by atoms with Gasteiger partial charge in [0.05, 0.1) is 30.1 Å². The number of ether oxygens (including phenoxy) is 2. The molecule has 2 amide bonds. The van der Waals surface area contributed by atoms with Crippen LogP contribution in [-0.4, -0.2) is 91.2 Å². The number of hydrogen-bond acceptors (Lipinski definition) is 8. The molecule has 0 spiro atoms. The second-order valence-corrected chi connectivity index (χ2v) is 15.9. The lowest BCUT2D eigenvalue weighted by molar-refractivity contribution is -0.139. The van der Waals surface area contributed by atoms with Gasteiger partial charge in [-0.2, -0.15) is 0 Å². The van der Waals surface area contributed by atoms with Gasteiger partial charge in [0, 0.05) is 61.7 Å². The normalized spacial score (nSPS) is 13.6. The molecule has 2 N–H and O–H groups in total. The Labute approximate surface area is 327 Å². The van der Waals surface area contributed by atoms with Crippen LogP contribution in [0, 0.1) is 18.3 Å². The van der Waals surface area contributed by atoms with Crippen molar-refractivity contribution in [2.75, 3.05) is 41.4 Å². The number of benzene rings is 2. The Morgan fingerprint density at radius 2 is 1.75 bits per heavy atom. The molecule has 2 aromatic carbocycles. The number of hydrazine groups is 1. The van der Waals surface area contributed by atoms with Gasteiger partial charge < -0.3 is 19.4 Å². The molecule has 3 unspecified atom stereocenters. The highest BCUT2D eigenvalue weighted by Crippen LogP contribution is 2.42. The van der Waals surface area contributed by atoms with Gasteiger partial charge in [-0.05, 0) is 93.7 Å². The van der Waals surface area contributed by atoms with Crippen molar-refractivity contribution in [2.24, 2.45) is 11.3 Å². The van der Waals surface area contributed by atoms with Gasteiger partial charge >= 0.3 is 0 Å². The van der Waals surface area contributed by atoms with E-state index in [1.807, 2.05) is 52.8 Å². The first-order valence-corrected chi connectivity index (χ1v) is 19.3. The van der Waals surface area contributed by atoms with E-state index in [1.54, 1.807) is 20.4 Å². The number of hydrogen-bond donors (Lipinski definition) is 2. The largest absolute Gasteiger partial charge is 0.467 e. The molecule has 55 heavy (non-hydrogen) atoms. The van der Waals surface area contributed by atoms with Crippen LogP contribution in [0.25, 0.3) is 33.3 Å². The van der Waals surface area contributed by atoms with Crippen molar-refractivity contribution in [1.29, 1.82) is 0 Å². The second-order valence-electron chi connectivity index (χ2n) is 15.9. The summed E-state index contributed by atoms with van der Waals surface area (Å²) in [5.74, 6) is -0.330. The van der Waals surface area contributed by atoms with Gasteiger partial charge in [0.2, 0.25) is 5.91 Å². The fraction of sp³-hybridized carbons (Fsp3) is 0.500. The molecule has 298 valence electrons. The highest BCUT2D eigenvalue weighted by atomic mass is 16.5. The third-order valence-corrected chi connectivity index (χ3v) is 10.2. The molecule has 11 nitrogen and oxygen atoms in total. The average Bonchev–Trinajstić information content (AvgIpc) is 3.43. The summed E-state index contributed by atoms with van der Waals surface area (Å²) in [5.41, 5.74) is 11.9. The third-order valence-electron chi connectivity index (χ3n) is 10.2. The number of carbonyl (C=O) groups is 3. The molecule has 4 rings (SSSR count). The van der Waals surface area contributed by atoms with E-state index >= 15 is 0 Å². The molecular weight excluding hydrogens is 693 g/mol. The number of rotatable bonds is 19. The van der Waals surface area contributed by atoms with Crippen molar-refractivity contribution in [3.8, 4) is 22.4 Å². The van der Waals surface area contributed by atoms with E-state index in [0.29, 0.717) is 25.9 Å². The first-order valence-electron chi connectivity index (χ1n) is 19.3. The molecule has 0 radical (unpaired) electrons. The van der Waals surface area contributed by atoms with E-state index < -0.39 is 6.04 Å². The zero-order valence-corrected chi connectivity index (χ0v) is 34.9. The van der Waals surface area contributed by atoms with Gasteiger partial charge in [-0.3, -0.25) is 29.3 Å². The monoisotopic (exact) mass is 754 g/mol. The summed E-state index contributed by atoms with van der Waals surface area (Å²) in [6, 6.07) is 15.9. The topological polar surface area (TPSA) is 118 Å². The van der Waals surface area contributed by atoms with Crippen LogP contribution in [0.1, 0.15) is 77.0 Å². The molecule has 0 aliphatic heterocycles. The number of amides is 2. The minimum absolute atomic E-state index is 0.0574. The van der Waals surface area contributed by atoms with Gasteiger partial charge in [-0.15, -0.1) is 0 Å². The summed E-state index contributed by atoms with van der Waals surface area (Å²) >= 11 is 0. The van der Waals surface area contributed by atoms with E-state index in [9.17, 15) is 14.4 Å². The highest BCUT2D eigenvalue weighted by Gasteiger charge is 2.31. The smallest absolute Gasteiger partial charge is 0.293 e. The highest BCUT2D eigenvalue weighted by molar-refractivity contribution is 5.95. The van der Waals surface area contributed by atoms with Crippen LogP contribution in [0.15, 0.2) is 54.7 Å². The van der Waals surface area contributed by atoms with Crippen LogP contribution >= 0.6 is 0 Å². The fourth-order valence-electron chi connectivity index (χ4n) is 7.78. The molecule has 0 saturated heterocycles. The molecule has 2 aromatic heterocycles. The number of nitrogens with zero attached hydrogens (tertiary/aromatic N) is 4. The van der Waals surface area contributed by atoms with Crippen molar-refractivity contribution in [3.63, 3.8) is 0 Å². The Kier molecular flexibility index (Phi) is 14.8. The summed E-state index contributed by atoms with van der Waals surface area (Å²) < 4.78 is 13.4. The summed E-state index contributed by atoms with van der Waals surface area (Å²) in [6.07, 6.45) is 2.54. The zero-order valence-electron chi connectivity index (χ0n) is 34.9. The Hall–Kier alpha value is -4.58. The maximum atomic E-state index is 13.8. The molecule has 0 bridgehead atoms. The van der Waals surface area contributed by atoms with E-state index in [1.165, 1.54) is 5.01 Å². The molecule has 0 fully saturated rings. The van der Waals surface area contributed by atoms with Crippen molar-refractivity contribution in [2.45, 2.75) is 93.0 Å². The summed E-state index contributed by atoms with van der Waals surface area (Å²) in [5, 5.41) is 5.67. The molecule has 0 saturated carbocycles. The number of aryl methyl sites for hydroxylation is 2. The van der Waals surface area contributed by atoms with E-state index in [0.717, 1.165) is 62.2 Å². The molecular formula is C44H62N6O5. The first kappa shape index (κ1) is 43.2. The summed E-state index contributed by atoms with van der Waals surface area (Å²) in [4.78, 5) is 45.4. The van der Waals surface area contributed by atoms with Crippen molar-refractivity contribution < 1.29 is 23.9 Å². The van der Waals surface area contributed by atoms with Crippen LogP contribution < -0.4 is 10.7 Å². The van der Waals surface area contributed by atoms with Crippen molar-refractivity contribution in [1.82, 2.24) is 30.2 Å². The number of pyridine rings is 1. The number of carbonyl (C=O) groups excluding carboxylic acids is 3. The summed E-state index contributed by atoms with van der Waals surface area (Å²) in [6.45, 7) is 18.5. The number of aromatic nitrogens is 2. The molecule has 3 atom stereocenters. The van der Waals surface area contributed by atoms with Crippen LogP contribution in [0.5, 0.6) is 0 Å². The third kappa shape index (κ3) is 10.2. The fourth-order valence-corrected chi connectivity index (χ4v) is 7.78. The maximum Gasteiger partial charge on any atom is 0.293 e. The standard InChI is InChI=1S/C44H62N6O5/c1-13-46-49(11)43(53)37(47-42(52)40(28(3)4)48(9)10)23-31-20-29(5)21-33(22-31)32-17-18-38-35(24-32)36(25-44(7,8)26-55-27-51)41(50(38)14-2)34-16-15-19-45-39(34)30(6)54-12/h15-22,24,27-28,30,37,40,46H,13-14,23,25-26H2,1-12H3,(H,47,52).